The van der Waals surface area contributed by atoms with E-state index in [0.717, 1.165) is 0 Å². The van der Waals surface area contributed by atoms with Crippen molar-refractivity contribution in [3.05, 3.63) is 56.5 Å². The number of sulfonamides is 1. The Labute approximate surface area is 140 Å². The molecule has 0 saturated heterocycles. The van der Waals surface area contributed by atoms with Crippen molar-refractivity contribution in [1.29, 1.82) is 0 Å². The number of benzene rings is 2. The molecular weight excluding hydrogens is 401 g/mol. The molecule has 0 radical (unpaired) electrons. The van der Waals surface area contributed by atoms with E-state index >= 15 is 0 Å². The summed E-state index contributed by atoms with van der Waals surface area (Å²) in [4.78, 5) is -0.119. The molecule has 2 aromatic rings. The third-order valence-electron chi connectivity index (χ3n) is 2.64. The lowest BCUT2D eigenvalue weighted by Crippen LogP contribution is -2.14. The number of nitrogens with one attached hydrogen (secondary N) is 1. The van der Waals surface area contributed by atoms with Crippen LogP contribution < -0.4 is 4.72 Å². The topological polar surface area (TPSA) is 66.4 Å². The average Bonchev–Trinajstić information content (AvgIpc) is 2.43. The number of hydrogen-bond acceptors (Lipinski definition) is 3. The molecule has 21 heavy (non-hydrogen) atoms. The molecule has 0 unspecified atom stereocenters. The summed E-state index contributed by atoms with van der Waals surface area (Å²) < 4.78 is 27.9. The Bertz CT molecular complexity index is 781. The van der Waals surface area contributed by atoms with Gasteiger partial charge in [0.1, 0.15) is 4.90 Å². The Kier molecular flexibility index (Phi) is 5.16. The predicted molar refractivity (Wildman–Crippen MR) is 87.3 cm³/mol. The molecule has 0 aromatic heterocycles. The predicted octanol–water partition coefficient (Wildman–Crippen LogP) is 4.05. The highest BCUT2D eigenvalue weighted by Gasteiger charge is 2.20. The second kappa shape index (κ2) is 6.54. The normalized spacial score (nSPS) is 11.4. The third-order valence-corrected chi connectivity index (χ3v) is 5.31. The van der Waals surface area contributed by atoms with Crippen LogP contribution in [-0.2, 0) is 16.6 Å². The molecule has 0 aliphatic carbocycles. The largest absolute Gasteiger partial charge is 0.392 e. The van der Waals surface area contributed by atoms with Crippen LogP contribution in [0.2, 0.25) is 10.0 Å². The lowest BCUT2D eigenvalue weighted by molar-refractivity contribution is 0.281. The highest BCUT2D eigenvalue weighted by atomic mass is 79.9. The van der Waals surface area contributed by atoms with Crippen LogP contribution in [0.15, 0.2) is 45.8 Å². The standard InChI is InChI=1S/C13H10BrCl2NO3S/c14-9-2-4-10(15)12(6-9)17-21(19,20)13-5-8(7-18)1-3-11(13)16/h1-6,17-18H,7H2. The quantitative estimate of drug-likeness (QED) is 0.798. The molecular formula is C13H10BrCl2NO3S. The minimum atomic E-state index is -3.91. The van der Waals surface area contributed by atoms with Crippen LogP contribution in [0.5, 0.6) is 0 Å². The lowest BCUT2D eigenvalue weighted by Gasteiger charge is -2.12. The van der Waals surface area contributed by atoms with Gasteiger partial charge in [-0.2, -0.15) is 0 Å². The molecule has 4 nitrogen and oxygen atoms in total. The first-order valence-corrected chi connectivity index (χ1v) is 8.74. The van der Waals surface area contributed by atoms with E-state index in [4.69, 9.17) is 28.3 Å². The first-order valence-electron chi connectivity index (χ1n) is 5.70. The molecule has 2 aromatic carbocycles. The van der Waals surface area contributed by atoms with Gasteiger partial charge in [-0.1, -0.05) is 45.2 Å². The van der Waals surface area contributed by atoms with Crippen LogP contribution in [0.3, 0.4) is 0 Å². The van der Waals surface area contributed by atoms with Gasteiger partial charge >= 0.3 is 0 Å². The summed E-state index contributed by atoms with van der Waals surface area (Å²) >= 11 is 15.1. The van der Waals surface area contributed by atoms with Crippen molar-refractivity contribution < 1.29 is 13.5 Å². The van der Waals surface area contributed by atoms with Crippen molar-refractivity contribution in [2.45, 2.75) is 11.5 Å². The van der Waals surface area contributed by atoms with Gasteiger partial charge in [-0.15, -0.1) is 0 Å². The minimum Gasteiger partial charge on any atom is -0.392 e. The maximum Gasteiger partial charge on any atom is 0.263 e. The van der Waals surface area contributed by atoms with Crippen molar-refractivity contribution in [3.63, 3.8) is 0 Å². The first kappa shape index (κ1) is 16.6. The first-order chi connectivity index (χ1) is 9.83. The summed E-state index contributed by atoms with van der Waals surface area (Å²) in [6.07, 6.45) is 0. The zero-order valence-electron chi connectivity index (χ0n) is 10.5. The summed E-state index contributed by atoms with van der Waals surface area (Å²) in [6, 6.07) is 9.09. The number of hydrogen-bond donors (Lipinski definition) is 2. The molecule has 0 spiro atoms. The fraction of sp³-hybridized carbons (Fsp3) is 0.0769. The van der Waals surface area contributed by atoms with Gasteiger partial charge in [0, 0.05) is 4.47 Å². The van der Waals surface area contributed by atoms with Gasteiger partial charge in [-0.05, 0) is 35.9 Å². The molecule has 0 bridgehead atoms. The fourth-order valence-corrected chi connectivity index (χ4v) is 3.83. The SMILES string of the molecule is O=S(=O)(Nc1cc(Br)ccc1Cl)c1cc(CO)ccc1Cl. The van der Waals surface area contributed by atoms with Gasteiger partial charge < -0.3 is 5.11 Å². The summed E-state index contributed by atoms with van der Waals surface area (Å²) in [6.45, 7) is -0.280. The number of aliphatic hydroxyl groups is 1. The maximum atomic E-state index is 12.4. The van der Waals surface area contributed by atoms with E-state index < -0.39 is 10.0 Å². The van der Waals surface area contributed by atoms with Gasteiger partial charge in [0.15, 0.2) is 0 Å². The molecule has 0 aliphatic rings. The molecule has 0 fully saturated rings. The summed E-state index contributed by atoms with van der Waals surface area (Å²) in [5, 5.41) is 9.42. The third kappa shape index (κ3) is 3.90. The minimum absolute atomic E-state index is 0.0609. The molecule has 0 amide bonds. The van der Waals surface area contributed by atoms with Crippen LogP contribution in [0, 0.1) is 0 Å². The Morgan fingerprint density at radius 3 is 2.43 bits per heavy atom. The van der Waals surface area contributed by atoms with Crippen LogP contribution >= 0.6 is 39.1 Å². The second-order valence-corrected chi connectivity index (χ2v) is 7.53. The van der Waals surface area contributed by atoms with E-state index in [-0.39, 0.29) is 27.2 Å². The maximum absolute atomic E-state index is 12.4. The van der Waals surface area contributed by atoms with Crippen LogP contribution in [0.1, 0.15) is 5.56 Å². The van der Waals surface area contributed by atoms with Crippen molar-refractivity contribution in [2.75, 3.05) is 4.72 Å². The van der Waals surface area contributed by atoms with Gasteiger partial charge in [0.25, 0.3) is 10.0 Å². The van der Waals surface area contributed by atoms with Crippen molar-refractivity contribution in [1.82, 2.24) is 0 Å². The Balaban J connectivity index is 2.45. The molecule has 0 heterocycles. The summed E-state index contributed by atoms with van der Waals surface area (Å²) in [5.41, 5.74) is 0.677. The number of halogens is 3. The molecule has 112 valence electrons. The van der Waals surface area contributed by atoms with E-state index in [9.17, 15) is 8.42 Å². The number of aliphatic hydroxyl groups excluding tert-OH is 1. The van der Waals surface area contributed by atoms with E-state index in [2.05, 4.69) is 20.7 Å². The fourth-order valence-electron chi connectivity index (χ4n) is 1.63. The van der Waals surface area contributed by atoms with Crippen LogP contribution in [0.25, 0.3) is 0 Å². The van der Waals surface area contributed by atoms with Crippen molar-refractivity contribution in [3.8, 4) is 0 Å². The van der Waals surface area contributed by atoms with E-state index in [1.165, 1.54) is 12.1 Å². The Morgan fingerprint density at radius 2 is 1.76 bits per heavy atom. The zero-order chi connectivity index (χ0) is 15.6. The van der Waals surface area contributed by atoms with E-state index in [1.54, 1.807) is 24.3 Å². The molecule has 8 heteroatoms. The van der Waals surface area contributed by atoms with Gasteiger partial charge in [-0.25, -0.2) is 8.42 Å². The monoisotopic (exact) mass is 409 g/mol. The van der Waals surface area contributed by atoms with Gasteiger partial charge in [0.05, 0.1) is 22.3 Å². The Hall–Kier alpha value is -0.790. The van der Waals surface area contributed by atoms with Gasteiger partial charge in [-0.3, -0.25) is 4.72 Å². The van der Waals surface area contributed by atoms with Crippen molar-refractivity contribution >= 4 is 54.8 Å². The second-order valence-electron chi connectivity index (χ2n) is 4.15. The molecule has 2 N–H and O–H groups in total. The molecule has 0 saturated carbocycles. The molecule has 0 atom stereocenters. The highest BCUT2D eigenvalue weighted by molar-refractivity contribution is 9.10. The van der Waals surface area contributed by atoms with E-state index in [0.29, 0.717) is 10.0 Å². The average molecular weight is 411 g/mol. The highest BCUT2D eigenvalue weighted by Crippen LogP contribution is 2.30. The molecule has 2 rings (SSSR count). The lowest BCUT2D eigenvalue weighted by atomic mass is 10.2. The smallest absolute Gasteiger partial charge is 0.263 e. The number of rotatable bonds is 4. The Morgan fingerprint density at radius 1 is 1.10 bits per heavy atom. The number of anilines is 1. The summed E-state index contributed by atoms with van der Waals surface area (Å²) in [5.74, 6) is 0. The van der Waals surface area contributed by atoms with Gasteiger partial charge in [0.2, 0.25) is 0 Å². The zero-order valence-corrected chi connectivity index (χ0v) is 14.4. The van der Waals surface area contributed by atoms with E-state index in [1.807, 2.05) is 0 Å². The van der Waals surface area contributed by atoms with Crippen LogP contribution in [0.4, 0.5) is 5.69 Å². The summed E-state index contributed by atoms with van der Waals surface area (Å²) in [7, 11) is -3.91. The molecule has 0 aliphatic heterocycles. The van der Waals surface area contributed by atoms with Crippen LogP contribution in [-0.4, -0.2) is 13.5 Å². The van der Waals surface area contributed by atoms with Crippen molar-refractivity contribution in [2.24, 2.45) is 0 Å².